The van der Waals surface area contributed by atoms with Crippen molar-refractivity contribution in [1.29, 1.82) is 0 Å². The Bertz CT molecular complexity index is 354. The van der Waals surface area contributed by atoms with Gasteiger partial charge in [0.1, 0.15) is 5.82 Å². The summed E-state index contributed by atoms with van der Waals surface area (Å²) in [7, 11) is 0. The summed E-state index contributed by atoms with van der Waals surface area (Å²) < 4.78 is 13.5. The van der Waals surface area contributed by atoms with Gasteiger partial charge in [-0.2, -0.15) is 0 Å². The molecule has 1 atom stereocenters. The summed E-state index contributed by atoms with van der Waals surface area (Å²) in [4.78, 5) is 0. The van der Waals surface area contributed by atoms with Crippen LogP contribution in [0.4, 0.5) is 4.39 Å². The Kier molecular flexibility index (Phi) is 7.29. The minimum Gasteiger partial charge on any atom is -0.314 e. The molecule has 102 valence electrons. The molecule has 0 aliphatic heterocycles. The standard InChI is InChI=1S/C15H23ClFN/c1-3-10-18-14(4-2)7-5-6-12-11-13(16)8-9-15(12)17/h8-9,11,14,18H,3-7,10H2,1-2H3. The normalized spacial score (nSPS) is 12.7. The molecule has 0 aliphatic rings. The monoisotopic (exact) mass is 271 g/mol. The molecule has 0 aromatic heterocycles. The maximum absolute atomic E-state index is 13.5. The molecule has 0 heterocycles. The van der Waals surface area contributed by atoms with E-state index in [9.17, 15) is 4.39 Å². The minimum absolute atomic E-state index is 0.144. The van der Waals surface area contributed by atoms with Gasteiger partial charge >= 0.3 is 0 Å². The van der Waals surface area contributed by atoms with Crippen LogP contribution in [0, 0.1) is 5.82 Å². The quantitative estimate of drug-likeness (QED) is 0.730. The van der Waals surface area contributed by atoms with Crippen molar-refractivity contribution in [2.24, 2.45) is 0 Å². The van der Waals surface area contributed by atoms with Crippen LogP contribution in [0.15, 0.2) is 18.2 Å². The molecule has 1 nitrogen and oxygen atoms in total. The van der Waals surface area contributed by atoms with Crippen molar-refractivity contribution in [2.75, 3.05) is 6.54 Å². The highest BCUT2D eigenvalue weighted by Gasteiger charge is 2.07. The molecule has 3 heteroatoms. The van der Waals surface area contributed by atoms with Crippen LogP contribution in [0.25, 0.3) is 0 Å². The molecule has 0 aliphatic carbocycles. The molecule has 1 aromatic carbocycles. The summed E-state index contributed by atoms with van der Waals surface area (Å²) in [5, 5.41) is 4.13. The second-order valence-electron chi connectivity index (χ2n) is 4.69. The van der Waals surface area contributed by atoms with E-state index in [1.165, 1.54) is 6.07 Å². The van der Waals surface area contributed by atoms with Crippen LogP contribution >= 0.6 is 11.6 Å². The lowest BCUT2D eigenvalue weighted by atomic mass is 10.0. The van der Waals surface area contributed by atoms with Crippen LogP contribution in [-0.2, 0) is 6.42 Å². The van der Waals surface area contributed by atoms with Gasteiger partial charge in [0.25, 0.3) is 0 Å². The molecule has 0 saturated carbocycles. The molecule has 0 saturated heterocycles. The summed E-state index contributed by atoms with van der Waals surface area (Å²) >= 11 is 5.88. The van der Waals surface area contributed by atoms with Crippen LogP contribution in [0.1, 0.15) is 45.1 Å². The summed E-state index contributed by atoms with van der Waals surface area (Å²) in [6.07, 6.45) is 5.11. The topological polar surface area (TPSA) is 12.0 Å². The third-order valence-electron chi connectivity index (χ3n) is 3.18. The van der Waals surface area contributed by atoms with Gasteiger partial charge < -0.3 is 5.32 Å². The first kappa shape index (κ1) is 15.5. The molecule has 18 heavy (non-hydrogen) atoms. The lowest BCUT2D eigenvalue weighted by molar-refractivity contribution is 0.454. The van der Waals surface area contributed by atoms with Gasteiger partial charge in [0, 0.05) is 11.1 Å². The van der Waals surface area contributed by atoms with Gasteiger partial charge in [-0.05, 0) is 62.4 Å². The highest BCUT2D eigenvalue weighted by Crippen LogP contribution is 2.17. The third-order valence-corrected chi connectivity index (χ3v) is 3.42. The van der Waals surface area contributed by atoms with Crippen LogP contribution in [0.3, 0.4) is 0 Å². The second kappa shape index (κ2) is 8.49. The van der Waals surface area contributed by atoms with Crippen LogP contribution in [0.2, 0.25) is 5.02 Å². The van der Waals surface area contributed by atoms with Gasteiger partial charge in [0.05, 0.1) is 0 Å². The molecule has 0 amide bonds. The molecule has 0 bridgehead atoms. The Morgan fingerprint density at radius 1 is 1.33 bits per heavy atom. The molecule has 0 radical (unpaired) electrons. The summed E-state index contributed by atoms with van der Waals surface area (Å²) in [6, 6.07) is 5.33. The van der Waals surface area contributed by atoms with Gasteiger partial charge in [-0.1, -0.05) is 25.4 Å². The fourth-order valence-corrected chi connectivity index (χ4v) is 2.27. The number of benzene rings is 1. The molecule has 1 unspecified atom stereocenters. The number of aryl methyl sites for hydroxylation is 1. The van der Waals surface area contributed by atoms with Gasteiger partial charge in [-0.25, -0.2) is 4.39 Å². The maximum atomic E-state index is 13.5. The van der Waals surface area contributed by atoms with E-state index in [1.807, 2.05) is 0 Å². The van der Waals surface area contributed by atoms with Crippen LogP contribution < -0.4 is 5.32 Å². The lowest BCUT2D eigenvalue weighted by Gasteiger charge is -2.16. The number of rotatable bonds is 8. The van der Waals surface area contributed by atoms with E-state index in [0.717, 1.165) is 44.2 Å². The van der Waals surface area contributed by atoms with Crippen molar-refractivity contribution in [3.05, 3.63) is 34.6 Å². The van der Waals surface area contributed by atoms with E-state index in [-0.39, 0.29) is 5.82 Å². The Labute approximate surface area is 115 Å². The number of halogens is 2. The Balaban J connectivity index is 2.37. The molecule has 0 spiro atoms. The van der Waals surface area contributed by atoms with Crippen LogP contribution in [-0.4, -0.2) is 12.6 Å². The minimum atomic E-state index is -0.144. The van der Waals surface area contributed by atoms with Crippen LogP contribution in [0.5, 0.6) is 0 Å². The SMILES string of the molecule is CCCNC(CC)CCCc1cc(Cl)ccc1F. The molecule has 1 aromatic rings. The van der Waals surface area contributed by atoms with E-state index in [2.05, 4.69) is 19.2 Å². The molecule has 0 fully saturated rings. The zero-order valence-corrected chi connectivity index (χ0v) is 12.1. The van der Waals surface area contributed by atoms with E-state index < -0.39 is 0 Å². The zero-order chi connectivity index (χ0) is 13.4. The average molecular weight is 272 g/mol. The Hall–Kier alpha value is -0.600. The smallest absolute Gasteiger partial charge is 0.126 e. The second-order valence-corrected chi connectivity index (χ2v) is 5.12. The van der Waals surface area contributed by atoms with Crippen molar-refractivity contribution in [1.82, 2.24) is 5.32 Å². The van der Waals surface area contributed by atoms with Crippen molar-refractivity contribution < 1.29 is 4.39 Å². The van der Waals surface area contributed by atoms with Crippen molar-refractivity contribution in [2.45, 2.75) is 52.0 Å². The largest absolute Gasteiger partial charge is 0.314 e. The Morgan fingerprint density at radius 3 is 2.78 bits per heavy atom. The van der Waals surface area contributed by atoms with E-state index in [0.29, 0.717) is 11.1 Å². The first-order chi connectivity index (χ1) is 8.67. The van der Waals surface area contributed by atoms with Crippen molar-refractivity contribution >= 4 is 11.6 Å². The highest BCUT2D eigenvalue weighted by molar-refractivity contribution is 6.30. The molecule has 1 N–H and O–H groups in total. The summed E-state index contributed by atoms with van der Waals surface area (Å²) in [5.41, 5.74) is 0.729. The van der Waals surface area contributed by atoms with E-state index in [1.54, 1.807) is 12.1 Å². The maximum Gasteiger partial charge on any atom is 0.126 e. The number of hydrogen-bond donors (Lipinski definition) is 1. The average Bonchev–Trinajstić information content (AvgIpc) is 2.37. The Morgan fingerprint density at radius 2 is 2.11 bits per heavy atom. The fourth-order valence-electron chi connectivity index (χ4n) is 2.07. The lowest BCUT2D eigenvalue weighted by Crippen LogP contribution is -2.29. The molecule has 1 rings (SSSR count). The predicted molar refractivity (Wildman–Crippen MR) is 76.7 cm³/mol. The van der Waals surface area contributed by atoms with Crippen molar-refractivity contribution in [3.8, 4) is 0 Å². The van der Waals surface area contributed by atoms with Gasteiger partial charge in [-0.3, -0.25) is 0 Å². The predicted octanol–water partition coefficient (Wildman–Crippen LogP) is 4.58. The van der Waals surface area contributed by atoms with E-state index in [4.69, 9.17) is 11.6 Å². The summed E-state index contributed by atoms with van der Waals surface area (Å²) in [6.45, 7) is 5.42. The summed E-state index contributed by atoms with van der Waals surface area (Å²) in [5.74, 6) is -0.144. The van der Waals surface area contributed by atoms with E-state index >= 15 is 0 Å². The fraction of sp³-hybridized carbons (Fsp3) is 0.600. The molecular weight excluding hydrogens is 249 g/mol. The van der Waals surface area contributed by atoms with Crippen molar-refractivity contribution in [3.63, 3.8) is 0 Å². The van der Waals surface area contributed by atoms with Gasteiger partial charge in [-0.15, -0.1) is 0 Å². The number of hydrogen-bond acceptors (Lipinski definition) is 1. The van der Waals surface area contributed by atoms with Gasteiger partial charge in [0.2, 0.25) is 0 Å². The highest BCUT2D eigenvalue weighted by atomic mass is 35.5. The first-order valence-corrected chi connectivity index (χ1v) is 7.22. The first-order valence-electron chi connectivity index (χ1n) is 6.84. The van der Waals surface area contributed by atoms with Gasteiger partial charge in [0.15, 0.2) is 0 Å². The third kappa shape index (κ3) is 5.36. The number of nitrogens with one attached hydrogen (secondary N) is 1. The zero-order valence-electron chi connectivity index (χ0n) is 11.3. The molecular formula is C15H23ClFN.